The monoisotopic (exact) mass is 247 g/mol. The molecule has 0 aliphatic heterocycles. The van der Waals surface area contributed by atoms with E-state index in [9.17, 15) is 0 Å². The normalized spacial score (nSPS) is 14.9. The van der Waals surface area contributed by atoms with Gasteiger partial charge in [-0.1, -0.05) is 0 Å². The average Bonchev–Trinajstić information content (AvgIpc) is 2.85. The standard InChI is InChI=1S/C13H17N3S/c1-9-8-17-13(14-9)7-16-10(2)15-11-5-3-4-6-12(11)16/h8H,3-7H2,1-2H3. The Bertz CT molecular complexity index is 539. The number of imidazole rings is 1. The predicted octanol–water partition coefficient (Wildman–Crippen LogP) is 2.88. The first-order valence-electron chi connectivity index (χ1n) is 6.20. The zero-order chi connectivity index (χ0) is 11.8. The summed E-state index contributed by atoms with van der Waals surface area (Å²) in [4.78, 5) is 9.24. The minimum atomic E-state index is 0.896. The van der Waals surface area contributed by atoms with Crippen molar-refractivity contribution in [1.29, 1.82) is 0 Å². The van der Waals surface area contributed by atoms with Gasteiger partial charge in [0.2, 0.25) is 0 Å². The van der Waals surface area contributed by atoms with Crippen molar-refractivity contribution in [2.75, 3.05) is 0 Å². The molecule has 0 aromatic carbocycles. The lowest BCUT2D eigenvalue weighted by Gasteiger charge is -2.13. The van der Waals surface area contributed by atoms with E-state index < -0.39 is 0 Å². The number of nitrogens with zero attached hydrogens (tertiary/aromatic N) is 3. The first-order valence-corrected chi connectivity index (χ1v) is 7.08. The van der Waals surface area contributed by atoms with Gasteiger partial charge in [-0.15, -0.1) is 11.3 Å². The number of aromatic nitrogens is 3. The Kier molecular flexibility index (Phi) is 2.74. The number of hydrogen-bond donors (Lipinski definition) is 0. The average molecular weight is 247 g/mol. The van der Waals surface area contributed by atoms with E-state index in [1.807, 2.05) is 0 Å². The van der Waals surface area contributed by atoms with Crippen molar-refractivity contribution in [3.8, 4) is 0 Å². The van der Waals surface area contributed by atoms with Crippen LogP contribution in [0.4, 0.5) is 0 Å². The van der Waals surface area contributed by atoms with Crippen molar-refractivity contribution in [2.24, 2.45) is 0 Å². The highest BCUT2D eigenvalue weighted by Crippen LogP contribution is 2.23. The van der Waals surface area contributed by atoms with Crippen LogP contribution in [0.5, 0.6) is 0 Å². The maximum atomic E-state index is 4.69. The molecule has 3 nitrogen and oxygen atoms in total. The Balaban J connectivity index is 1.94. The third-order valence-electron chi connectivity index (χ3n) is 3.38. The van der Waals surface area contributed by atoms with Gasteiger partial charge >= 0.3 is 0 Å². The zero-order valence-electron chi connectivity index (χ0n) is 10.4. The van der Waals surface area contributed by atoms with Gasteiger partial charge in [0.05, 0.1) is 12.2 Å². The number of rotatable bonds is 2. The molecule has 2 aromatic rings. The molecule has 2 heterocycles. The second kappa shape index (κ2) is 4.26. The van der Waals surface area contributed by atoms with E-state index in [1.165, 1.54) is 35.7 Å². The highest BCUT2D eigenvalue weighted by molar-refractivity contribution is 7.09. The Morgan fingerprint density at radius 2 is 2.06 bits per heavy atom. The number of hydrogen-bond acceptors (Lipinski definition) is 3. The first kappa shape index (κ1) is 11.0. The van der Waals surface area contributed by atoms with Crippen LogP contribution in [0.1, 0.15) is 40.8 Å². The van der Waals surface area contributed by atoms with Gasteiger partial charge in [-0.3, -0.25) is 0 Å². The molecule has 0 N–H and O–H groups in total. The van der Waals surface area contributed by atoms with E-state index >= 15 is 0 Å². The molecule has 17 heavy (non-hydrogen) atoms. The van der Waals surface area contributed by atoms with E-state index in [2.05, 4.69) is 28.8 Å². The maximum Gasteiger partial charge on any atom is 0.113 e. The third kappa shape index (κ3) is 2.02. The molecule has 0 spiro atoms. The molecule has 0 saturated carbocycles. The molecule has 0 unspecified atom stereocenters. The molecule has 0 fully saturated rings. The highest BCUT2D eigenvalue weighted by Gasteiger charge is 2.18. The second-order valence-electron chi connectivity index (χ2n) is 4.73. The Labute approximate surface area is 106 Å². The summed E-state index contributed by atoms with van der Waals surface area (Å²) in [6.45, 7) is 5.06. The van der Waals surface area contributed by atoms with Crippen molar-refractivity contribution in [1.82, 2.24) is 14.5 Å². The fourth-order valence-electron chi connectivity index (χ4n) is 2.56. The molecule has 0 bridgehead atoms. The first-order chi connectivity index (χ1) is 8.24. The fourth-order valence-corrected chi connectivity index (χ4v) is 3.32. The van der Waals surface area contributed by atoms with Crippen LogP contribution in [0, 0.1) is 13.8 Å². The molecule has 1 aliphatic carbocycles. The molecule has 0 saturated heterocycles. The SMILES string of the molecule is Cc1csc(Cn2c(C)nc3c2CCCC3)n1. The van der Waals surface area contributed by atoms with Gasteiger partial charge in [-0.2, -0.15) is 0 Å². The summed E-state index contributed by atoms with van der Waals surface area (Å²) in [5, 5.41) is 3.31. The molecule has 1 aliphatic rings. The fraction of sp³-hybridized carbons (Fsp3) is 0.538. The summed E-state index contributed by atoms with van der Waals surface area (Å²) in [5.41, 5.74) is 3.89. The van der Waals surface area contributed by atoms with Crippen LogP contribution >= 0.6 is 11.3 Å². The van der Waals surface area contributed by atoms with Crippen molar-refractivity contribution in [3.63, 3.8) is 0 Å². The summed E-state index contributed by atoms with van der Waals surface area (Å²) in [6, 6.07) is 0. The summed E-state index contributed by atoms with van der Waals surface area (Å²) in [6.07, 6.45) is 4.93. The van der Waals surface area contributed by atoms with Crippen LogP contribution in [-0.2, 0) is 19.4 Å². The highest BCUT2D eigenvalue weighted by atomic mass is 32.1. The lowest BCUT2D eigenvalue weighted by molar-refractivity contribution is 0.623. The lowest BCUT2D eigenvalue weighted by atomic mass is 10.0. The van der Waals surface area contributed by atoms with Crippen molar-refractivity contribution >= 4 is 11.3 Å². The quantitative estimate of drug-likeness (QED) is 0.817. The Morgan fingerprint density at radius 3 is 2.82 bits per heavy atom. The topological polar surface area (TPSA) is 30.7 Å². The van der Waals surface area contributed by atoms with Crippen LogP contribution in [0.25, 0.3) is 0 Å². The minimum absolute atomic E-state index is 0.896. The number of thiazole rings is 1. The Morgan fingerprint density at radius 1 is 1.24 bits per heavy atom. The molecular formula is C13H17N3S. The van der Waals surface area contributed by atoms with E-state index in [-0.39, 0.29) is 0 Å². The summed E-state index contributed by atoms with van der Waals surface area (Å²) in [7, 11) is 0. The van der Waals surface area contributed by atoms with E-state index in [0.717, 1.165) is 24.5 Å². The predicted molar refractivity (Wildman–Crippen MR) is 69.6 cm³/mol. The summed E-state index contributed by atoms with van der Waals surface area (Å²) in [5.74, 6) is 1.14. The molecule has 0 amide bonds. The smallest absolute Gasteiger partial charge is 0.113 e. The Hall–Kier alpha value is -1.16. The van der Waals surface area contributed by atoms with Gasteiger partial charge in [0.1, 0.15) is 10.8 Å². The third-order valence-corrected chi connectivity index (χ3v) is 4.33. The molecule has 0 atom stereocenters. The van der Waals surface area contributed by atoms with Crippen LogP contribution in [-0.4, -0.2) is 14.5 Å². The summed E-state index contributed by atoms with van der Waals surface area (Å²) < 4.78 is 2.35. The molecule has 2 aromatic heterocycles. The van der Waals surface area contributed by atoms with Gasteiger partial charge in [0.25, 0.3) is 0 Å². The lowest BCUT2D eigenvalue weighted by Crippen LogP contribution is -2.10. The molecular weight excluding hydrogens is 230 g/mol. The van der Waals surface area contributed by atoms with E-state index in [1.54, 1.807) is 11.3 Å². The van der Waals surface area contributed by atoms with Crippen LogP contribution in [0.3, 0.4) is 0 Å². The van der Waals surface area contributed by atoms with Crippen molar-refractivity contribution in [3.05, 3.63) is 33.3 Å². The van der Waals surface area contributed by atoms with Gasteiger partial charge in [-0.05, 0) is 39.5 Å². The van der Waals surface area contributed by atoms with E-state index in [4.69, 9.17) is 4.98 Å². The zero-order valence-corrected chi connectivity index (χ0v) is 11.2. The molecule has 4 heteroatoms. The van der Waals surface area contributed by atoms with Crippen molar-refractivity contribution < 1.29 is 0 Å². The number of fused-ring (bicyclic) bond motifs is 1. The van der Waals surface area contributed by atoms with Crippen molar-refractivity contribution in [2.45, 2.75) is 46.1 Å². The van der Waals surface area contributed by atoms with E-state index in [0.29, 0.717) is 0 Å². The largest absolute Gasteiger partial charge is 0.325 e. The van der Waals surface area contributed by atoms with Crippen LogP contribution in [0.2, 0.25) is 0 Å². The number of aryl methyl sites for hydroxylation is 3. The molecule has 0 radical (unpaired) electrons. The maximum absolute atomic E-state index is 4.69. The second-order valence-corrected chi connectivity index (χ2v) is 5.67. The summed E-state index contributed by atoms with van der Waals surface area (Å²) >= 11 is 1.75. The van der Waals surface area contributed by atoms with Gasteiger partial charge in [0.15, 0.2) is 0 Å². The van der Waals surface area contributed by atoms with Gasteiger partial charge < -0.3 is 4.57 Å². The van der Waals surface area contributed by atoms with Gasteiger partial charge in [-0.25, -0.2) is 9.97 Å². The minimum Gasteiger partial charge on any atom is -0.325 e. The van der Waals surface area contributed by atoms with Gasteiger partial charge in [0, 0.05) is 16.8 Å². The van der Waals surface area contributed by atoms with Crippen LogP contribution < -0.4 is 0 Å². The van der Waals surface area contributed by atoms with Crippen LogP contribution in [0.15, 0.2) is 5.38 Å². The molecule has 3 rings (SSSR count). The molecule has 90 valence electrons.